The van der Waals surface area contributed by atoms with Crippen molar-refractivity contribution in [3.8, 4) is 5.69 Å². The fourth-order valence-electron chi connectivity index (χ4n) is 2.11. The molecule has 0 fully saturated rings. The Bertz CT molecular complexity index is 839. The lowest BCUT2D eigenvalue weighted by Gasteiger charge is -2.10. The van der Waals surface area contributed by atoms with Crippen molar-refractivity contribution in [2.75, 3.05) is 0 Å². The van der Waals surface area contributed by atoms with Gasteiger partial charge in [0.15, 0.2) is 11.0 Å². The van der Waals surface area contributed by atoms with E-state index in [1.165, 1.54) is 28.6 Å². The zero-order valence-electron chi connectivity index (χ0n) is 13.3. The van der Waals surface area contributed by atoms with Crippen LogP contribution in [0.5, 0.6) is 0 Å². The monoisotopic (exact) mass is 369 g/mol. The minimum atomic E-state index is -4.38. The van der Waals surface area contributed by atoms with E-state index < -0.39 is 11.7 Å². The highest BCUT2D eigenvalue weighted by Gasteiger charge is 2.30. The molecule has 0 aliphatic rings. The Hall–Kier alpha value is -2.43. The first-order chi connectivity index (χ1) is 11.9. The Morgan fingerprint density at radius 3 is 2.48 bits per heavy atom. The largest absolute Gasteiger partial charge is 0.416 e. The number of thioether (sulfide) groups is 1. The standard InChI is InChI=1S/C14H14F3N7S/c1-9(2)23-8-18-20-13(23)25-7-12-19-21-22-24(12)11-5-3-10(4-6-11)14(15,16)17/h3-6,8-9H,7H2,1-2H3. The van der Waals surface area contributed by atoms with Gasteiger partial charge in [-0.2, -0.15) is 17.9 Å². The average molecular weight is 369 g/mol. The lowest BCUT2D eigenvalue weighted by molar-refractivity contribution is -0.137. The maximum atomic E-state index is 12.7. The predicted octanol–water partition coefficient (Wildman–Crippen LogP) is 3.15. The minimum absolute atomic E-state index is 0.211. The van der Waals surface area contributed by atoms with E-state index in [4.69, 9.17) is 0 Å². The summed E-state index contributed by atoms with van der Waals surface area (Å²) in [5.74, 6) is 0.905. The summed E-state index contributed by atoms with van der Waals surface area (Å²) in [6, 6.07) is 4.89. The van der Waals surface area contributed by atoms with Crippen LogP contribution in [-0.2, 0) is 11.9 Å². The second-order valence-electron chi connectivity index (χ2n) is 5.45. The molecule has 0 atom stereocenters. The molecule has 0 saturated heterocycles. The highest BCUT2D eigenvalue weighted by molar-refractivity contribution is 7.98. The fourth-order valence-corrected chi connectivity index (χ4v) is 3.06. The van der Waals surface area contributed by atoms with Crippen LogP contribution in [0, 0.1) is 0 Å². The summed E-state index contributed by atoms with van der Waals surface area (Å²) in [6.45, 7) is 4.03. The van der Waals surface area contributed by atoms with Gasteiger partial charge < -0.3 is 4.57 Å². The molecule has 1 aromatic carbocycles. The normalized spacial score (nSPS) is 12.1. The molecule has 2 heterocycles. The summed E-state index contributed by atoms with van der Waals surface area (Å²) in [4.78, 5) is 0. The van der Waals surface area contributed by atoms with Crippen molar-refractivity contribution in [2.45, 2.75) is 37.0 Å². The SMILES string of the molecule is CC(C)n1cnnc1SCc1nnnn1-c1ccc(C(F)(F)F)cc1. The second-order valence-corrected chi connectivity index (χ2v) is 6.40. The van der Waals surface area contributed by atoms with Gasteiger partial charge in [0.25, 0.3) is 0 Å². The molecule has 132 valence electrons. The van der Waals surface area contributed by atoms with Crippen molar-refractivity contribution < 1.29 is 13.2 Å². The number of alkyl halides is 3. The summed E-state index contributed by atoms with van der Waals surface area (Å²) >= 11 is 1.40. The highest BCUT2D eigenvalue weighted by Crippen LogP contribution is 2.30. The predicted molar refractivity (Wildman–Crippen MR) is 84.1 cm³/mol. The molecule has 0 unspecified atom stereocenters. The third-order valence-electron chi connectivity index (χ3n) is 3.40. The average Bonchev–Trinajstić information content (AvgIpc) is 3.21. The Morgan fingerprint density at radius 1 is 1.12 bits per heavy atom. The van der Waals surface area contributed by atoms with Crippen molar-refractivity contribution >= 4 is 11.8 Å². The van der Waals surface area contributed by atoms with Gasteiger partial charge in [0.1, 0.15) is 6.33 Å². The number of hydrogen-bond acceptors (Lipinski definition) is 6. The molecule has 11 heteroatoms. The second kappa shape index (κ2) is 6.82. The maximum absolute atomic E-state index is 12.7. The maximum Gasteiger partial charge on any atom is 0.416 e. The van der Waals surface area contributed by atoms with E-state index in [0.29, 0.717) is 17.3 Å². The molecule has 0 amide bonds. The Kier molecular flexibility index (Phi) is 4.75. The molecular weight excluding hydrogens is 355 g/mol. The molecule has 25 heavy (non-hydrogen) atoms. The van der Waals surface area contributed by atoms with Gasteiger partial charge in [-0.3, -0.25) is 0 Å². The van der Waals surface area contributed by atoms with E-state index in [9.17, 15) is 13.2 Å². The number of nitrogens with zero attached hydrogens (tertiary/aromatic N) is 7. The van der Waals surface area contributed by atoms with Crippen LogP contribution < -0.4 is 0 Å². The summed E-state index contributed by atoms with van der Waals surface area (Å²) in [6.07, 6.45) is -2.73. The van der Waals surface area contributed by atoms with Crippen molar-refractivity contribution in [3.05, 3.63) is 42.0 Å². The molecule has 0 saturated carbocycles. The Labute approximate surface area is 145 Å². The van der Waals surface area contributed by atoms with Crippen LogP contribution in [0.25, 0.3) is 5.69 Å². The summed E-state index contributed by atoms with van der Waals surface area (Å²) in [7, 11) is 0. The van der Waals surface area contributed by atoms with E-state index in [-0.39, 0.29) is 6.04 Å². The van der Waals surface area contributed by atoms with Crippen LogP contribution in [0.1, 0.15) is 31.3 Å². The molecule has 7 nitrogen and oxygen atoms in total. The first-order valence-electron chi connectivity index (χ1n) is 7.33. The van der Waals surface area contributed by atoms with E-state index in [0.717, 1.165) is 17.3 Å². The third-order valence-corrected chi connectivity index (χ3v) is 4.35. The smallest absolute Gasteiger partial charge is 0.306 e. The number of hydrogen-bond donors (Lipinski definition) is 0. The Balaban J connectivity index is 1.78. The van der Waals surface area contributed by atoms with Gasteiger partial charge >= 0.3 is 6.18 Å². The van der Waals surface area contributed by atoms with Crippen molar-refractivity contribution in [1.82, 2.24) is 35.0 Å². The quantitative estimate of drug-likeness (QED) is 0.643. The number of halogens is 3. The number of tetrazole rings is 1. The molecular formula is C14H14F3N7S. The lowest BCUT2D eigenvalue weighted by atomic mass is 10.2. The first-order valence-corrected chi connectivity index (χ1v) is 8.32. The molecule has 0 radical (unpaired) electrons. The van der Waals surface area contributed by atoms with E-state index in [2.05, 4.69) is 25.7 Å². The van der Waals surface area contributed by atoms with Gasteiger partial charge in [-0.25, -0.2) is 0 Å². The number of aromatic nitrogens is 7. The van der Waals surface area contributed by atoms with E-state index >= 15 is 0 Å². The molecule has 2 aromatic heterocycles. The van der Waals surface area contributed by atoms with Gasteiger partial charge in [0, 0.05) is 6.04 Å². The van der Waals surface area contributed by atoms with Crippen LogP contribution in [0.4, 0.5) is 13.2 Å². The van der Waals surface area contributed by atoms with E-state index in [1.807, 2.05) is 18.4 Å². The summed E-state index contributed by atoms with van der Waals surface area (Å²) < 4.78 is 41.3. The third kappa shape index (κ3) is 3.81. The molecule has 0 aliphatic carbocycles. The van der Waals surface area contributed by atoms with Crippen molar-refractivity contribution in [3.63, 3.8) is 0 Å². The topological polar surface area (TPSA) is 74.3 Å². The first kappa shape index (κ1) is 17.4. The molecule has 0 bridgehead atoms. The van der Waals surface area contributed by atoms with Crippen LogP contribution in [0.2, 0.25) is 0 Å². The molecule has 0 aliphatic heterocycles. The molecule has 3 aromatic rings. The van der Waals surface area contributed by atoms with Gasteiger partial charge in [-0.15, -0.1) is 15.3 Å². The van der Waals surface area contributed by atoms with Crippen LogP contribution >= 0.6 is 11.8 Å². The van der Waals surface area contributed by atoms with Gasteiger partial charge in [0.05, 0.1) is 17.0 Å². The zero-order chi connectivity index (χ0) is 18.0. The fraction of sp³-hybridized carbons (Fsp3) is 0.357. The minimum Gasteiger partial charge on any atom is -0.306 e. The van der Waals surface area contributed by atoms with Crippen molar-refractivity contribution in [1.29, 1.82) is 0 Å². The van der Waals surface area contributed by atoms with Crippen molar-refractivity contribution in [2.24, 2.45) is 0 Å². The van der Waals surface area contributed by atoms with Gasteiger partial charge in [0.2, 0.25) is 0 Å². The van der Waals surface area contributed by atoms with Crippen LogP contribution in [-0.4, -0.2) is 35.0 Å². The summed E-state index contributed by atoms with van der Waals surface area (Å²) in [5, 5.41) is 20.1. The molecule has 0 spiro atoms. The molecule has 0 N–H and O–H groups in total. The van der Waals surface area contributed by atoms with Gasteiger partial charge in [-0.05, 0) is 48.5 Å². The number of benzene rings is 1. The molecule has 3 rings (SSSR count). The van der Waals surface area contributed by atoms with Gasteiger partial charge in [-0.1, -0.05) is 11.8 Å². The Morgan fingerprint density at radius 2 is 1.84 bits per heavy atom. The number of rotatable bonds is 5. The highest BCUT2D eigenvalue weighted by atomic mass is 32.2. The zero-order valence-corrected chi connectivity index (χ0v) is 14.2. The van der Waals surface area contributed by atoms with E-state index in [1.54, 1.807) is 6.33 Å². The van der Waals surface area contributed by atoms with Crippen LogP contribution in [0.3, 0.4) is 0 Å². The lowest BCUT2D eigenvalue weighted by Crippen LogP contribution is -2.07. The summed E-state index contributed by atoms with van der Waals surface area (Å²) in [5.41, 5.74) is -0.260. The van der Waals surface area contributed by atoms with Crippen LogP contribution in [0.15, 0.2) is 35.7 Å².